The standard InChI is InChI=1S/C10H11F3N2O/c1-15(5-9(12)13)10(16)7-3-2-6(14)4-8(7)11/h2-4,9H,5,14H2,1H3. The molecule has 2 N–H and O–H groups in total. The SMILES string of the molecule is CN(CC(F)F)C(=O)c1ccc(N)cc1F. The summed E-state index contributed by atoms with van der Waals surface area (Å²) < 4.78 is 37.3. The van der Waals surface area contributed by atoms with Gasteiger partial charge >= 0.3 is 0 Å². The third-order valence-corrected chi connectivity index (χ3v) is 1.98. The first kappa shape index (κ1) is 12.4. The van der Waals surface area contributed by atoms with Crippen LogP contribution in [0.15, 0.2) is 18.2 Å². The van der Waals surface area contributed by atoms with Crippen LogP contribution in [-0.4, -0.2) is 30.8 Å². The Hall–Kier alpha value is -1.72. The number of nitrogens with zero attached hydrogens (tertiary/aromatic N) is 1. The number of benzene rings is 1. The summed E-state index contributed by atoms with van der Waals surface area (Å²) in [4.78, 5) is 12.3. The van der Waals surface area contributed by atoms with E-state index in [-0.39, 0.29) is 11.3 Å². The second kappa shape index (κ2) is 4.87. The van der Waals surface area contributed by atoms with Crippen molar-refractivity contribution in [3.63, 3.8) is 0 Å². The number of hydrogen-bond acceptors (Lipinski definition) is 2. The number of rotatable bonds is 3. The minimum atomic E-state index is -2.65. The predicted octanol–water partition coefficient (Wildman–Crippen LogP) is 1.74. The molecule has 0 aliphatic rings. The summed E-state index contributed by atoms with van der Waals surface area (Å²) in [7, 11) is 1.18. The largest absolute Gasteiger partial charge is 0.399 e. The van der Waals surface area contributed by atoms with Crippen molar-refractivity contribution in [1.82, 2.24) is 4.90 Å². The van der Waals surface area contributed by atoms with Gasteiger partial charge in [-0.15, -0.1) is 0 Å². The number of carbonyl (C=O) groups excluding carboxylic acids is 1. The second-order valence-electron chi connectivity index (χ2n) is 3.32. The average molecular weight is 232 g/mol. The molecule has 0 saturated carbocycles. The van der Waals surface area contributed by atoms with Gasteiger partial charge in [0.2, 0.25) is 0 Å². The average Bonchev–Trinajstić information content (AvgIpc) is 2.15. The molecule has 0 aromatic heterocycles. The maximum Gasteiger partial charge on any atom is 0.256 e. The molecule has 6 heteroatoms. The zero-order chi connectivity index (χ0) is 12.3. The number of amides is 1. The van der Waals surface area contributed by atoms with Crippen molar-refractivity contribution in [2.75, 3.05) is 19.3 Å². The third kappa shape index (κ3) is 2.88. The van der Waals surface area contributed by atoms with Gasteiger partial charge in [-0.05, 0) is 18.2 Å². The van der Waals surface area contributed by atoms with Crippen LogP contribution in [0.4, 0.5) is 18.9 Å². The van der Waals surface area contributed by atoms with Gasteiger partial charge in [-0.3, -0.25) is 4.79 Å². The van der Waals surface area contributed by atoms with Crippen molar-refractivity contribution in [2.24, 2.45) is 0 Å². The van der Waals surface area contributed by atoms with Gasteiger partial charge in [-0.25, -0.2) is 13.2 Å². The van der Waals surface area contributed by atoms with Gasteiger partial charge in [0, 0.05) is 12.7 Å². The molecule has 0 saturated heterocycles. The molecule has 0 fully saturated rings. The van der Waals surface area contributed by atoms with Gasteiger partial charge in [0.05, 0.1) is 12.1 Å². The van der Waals surface area contributed by atoms with Crippen molar-refractivity contribution < 1.29 is 18.0 Å². The number of halogens is 3. The second-order valence-corrected chi connectivity index (χ2v) is 3.32. The fourth-order valence-electron chi connectivity index (χ4n) is 1.20. The van der Waals surface area contributed by atoms with Crippen LogP contribution in [0.5, 0.6) is 0 Å². The van der Waals surface area contributed by atoms with E-state index in [1.165, 1.54) is 19.2 Å². The fourth-order valence-corrected chi connectivity index (χ4v) is 1.20. The van der Waals surface area contributed by atoms with Crippen molar-refractivity contribution in [3.8, 4) is 0 Å². The Bertz CT molecular complexity index is 396. The third-order valence-electron chi connectivity index (χ3n) is 1.98. The number of carbonyl (C=O) groups is 1. The van der Waals surface area contributed by atoms with Crippen molar-refractivity contribution >= 4 is 11.6 Å². The number of nitrogens with two attached hydrogens (primary N) is 1. The highest BCUT2D eigenvalue weighted by Crippen LogP contribution is 2.14. The Balaban J connectivity index is 2.88. The highest BCUT2D eigenvalue weighted by atomic mass is 19.3. The fraction of sp³-hybridized carbons (Fsp3) is 0.300. The lowest BCUT2D eigenvalue weighted by molar-refractivity contribution is 0.0616. The van der Waals surface area contributed by atoms with Crippen LogP contribution in [0.1, 0.15) is 10.4 Å². The monoisotopic (exact) mass is 232 g/mol. The molecule has 0 radical (unpaired) electrons. The molecule has 1 amide bonds. The highest BCUT2D eigenvalue weighted by Gasteiger charge is 2.18. The minimum absolute atomic E-state index is 0.172. The van der Waals surface area contributed by atoms with Gasteiger partial charge in [-0.2, -0.15) is 0 Å². The molecular weight excluding hydrogens is 221 g/mol. The first-order chi connectivity index (χ1) is 7.41. The van der Waals surface area contributed by atoms with Crippen LogP contribution in [0.3, 0.4) is 0 Å². The van der Waals surface area contributed by atoms with Crippen LogP contribution < -0.4 is 5.73 Å². The first-order valence-electron chi connectivity index (χ1n) is 4.50. The van der Waals surface area contributed by atoms with Gasteiger partial charge in [-0.1, -0.05) is 0 Å². The zero-order valence-corrected chi connectivity index (χ0v) is 8.58. The summed E-state index contributed by atoms with van der Waals surface area (Å²) in [6.07, 6.45) is -2.65. The molecular formula is C10H11F3N2O. The van der Waals surface area contributed by atoms with E-state index >= 15 is 0 Å². The van der Waals surface area contributed by atoms with E-state index in [0.29, 0.717) is 0 Å². The molecule has 0 bridgehead atoms. The first-order valence-corrected chi connectivity index (χ1v) is 4.50. The zero-order valence-electron chi connectivity index (χ0n) is 8.58. The van der Waals surface area contributed by atoms with Crippen molar-refractivity contribution in [1.29, 1.82) is 0 Å². The Morgan fingerprint density at radius 1 is 1.50 bits per heavy atom. The predicted molar refractivity (Wildman–Crippen MR) is 53.8 cm³/mol. The van der Waals surface area contributed by atoms with E-state index in [1.807, 2.05) is 0 Å². The normalized spacial score (nSPS) is 10.6. The summed E-state index contributed by atoms with van der Waals surface area (Å²) in [5, 5.41) is 0. The van der Waals surface area contributed by atoms with E-state index in [2.05, 4.69) is 0 Å². The van der Waals surface area contributed by atoms with Crippen LogP contribution in [0.2, 0.25) is 0 Å². The van der Waals surface area contributed by atoms with Crippen LogP contribution in [-0.2, 0) is 0 Å². The molecule has 0 heterocycles. The summed E-state index contributed by atoms with van der Waals surface area (Å²) in [5.74, 6) is -1.61. The Morgan fingerprint density at radius 3 is 2.62 bits per heavy atom. The maximum atomic E-state index is 13.3. The Kier molecular flexibility index (Phi) is 3.76. The molecule has 0 atom stereocenters. The lowest BCUT2D eigenvalue weighted by Gasteiger charge is -2.16. The maximum absolute atomic E-state index is 13.3. The van der Waals surface area contributed by atoms with Gasteiger partial charge in [0.15, 0.2) is 0 Å². The molecule has 0 aliphatic heterocycles. The van der Waals surface area contributed by atoms with Crippen LogP contribution in [0.25, 0.3) is 0 Å². The van der Waals surface area contributed by atoms with Gasteiger partial charge in [0.1, 0.15) is 5.82 Å². The summed E-state index contributed by atoms with van der Waals surface area (Å²) in [5.41, 5.74) is 5.21. The smallest absolute Gasteiger partial charge is 0.256 e. The Morgan fingerprint density at radius 2 is 2.12 bits per heavy atom. The lowest BCUT2D eigenvalue weighted by atomic mass is 10.1. The van der Waals surface area contributed by atoms with Crippen LogP contribution in [0, 0.1) is 5.82 Å². The number of anilines is 1. The molecule has 1 aromatic rings. The van der Waals surface area contributed by atoms with E-state index in [1.54, 1.807) is 0 Å². The summed E-state index contributed by atoms with van der Waals surface area (Å²) in [6, 6.07) is 3.49. The molecule has 3 nitrogen and oxygen atoms in total. The van der Waals surface area contributed by atoms with E-state index in [4.69, 9.17) is 5.73 Å². The van der Waals surface area contributed by atoms with E-state index in [9.17, 15) is 18.0 Å². The Labute approximate surface area is 90.6 Å². The number of hydrogen-bond donors (Lipinski definition) is 1. The summed E-state index contributed by atoms with van der Waals surface area (Å²) in [6.45, 7) is -0.733. The number of alkyl halides is 2. The lowest BCUT2D eigenvalue weighted by Crippen LogP contribution is -2.31. The quantitative estimate of drug-likeness (QED) is 0.807. The molecule has 0 spiro atoms. The summed E-state index contributed by atoms with van der Waals surface area (Å²) >= 11 is 0. The van der Waals surface area contributed by atoms with E-state index in [0.717, 1.165) is 11.0 Å². The van der Waals surface area contributed by atoms with Crippen molar-refractivity contribution in [2.45, 2.75) is 6.43 Å². The molecule has 1 aromatic carbocycles. The number of nitrogen functional groups attached to an aromatic ring is 1. The molecule has 16 heavy (non-hydrogen) atoms. The highest BCUT2D eigenvalue weighted by molar-refractivity contribution is 5.94. The molecule has 0 unspecified atom stereocenters. The molecule has 1 rings (SSSR count). The molecule has 88 valence electrons. The topological polar surface area (TPSA) is 46.3 Å². The van der Waals surface area contributed by atoms with Crippen LogP contribution >= 0.6 is 0 Å². The van der Waals surface area contributed by atoms with Gasteiger partial charge in [0.25, 0.3) is 12.3 Å². The molecule has 0 aliphatic carbocycles. The van der Waals surface area contributed by atoms with E-state index < -0.39 is 24.7 Å². The minimum Gasteiger partial charge on any atom is -0.399 e. The van der Waals surface area contributed by atoms with Gasteiger partial charge < -0.3 is 10.6 Å². The van der Waals surface area contributed by atoms with Crippen molar-refractivity contribution in [3.05, 3.63) is 29.6 Å².